The van der Waals surface area contributed by atoms with Crippen LogP contribution >= 0.6 is 11.3 Å². The van der Waals surface area contributed by atoms with E-state index >= 15 is 0 Å². The predicted molar refractivity (Wildman–Crippen MR) is 101 cm³/mol. The Kier molecular flexibility index (Phi) is 4.84. The van der Waals surface area contributed by atoms with E-state index in [0.29, 0.717) is 41.2 Å². The van der Waals surface area contributed by atoms with Crippen molar-refractivity contribution in [3.63, 3.8) is 0 Å². The highest BCUT2D eigenvalue weighted by atomic mass is 32.1. The molecule has 4 rings (SSSR count). The van der Waals surface area contributed by atoms with E-state index in [1.807, 2.05) is 6.07 Å². The number of aromatic nitrogens is 2. The van der Waals surface area contributed by atoms with Crippen molar-refractivity contribution in [1.29, 1.82) is 0 Å². The minimum Gasteiger partial charge on any atom is -0.379 e. The third-order valence-electron chi connectivity index (χ3n) is 4.82. The SMILES string of the molecule is CCC1COCC1NCc1nc2cc(-c3ccc(F)cc3)sc2c(=O)[nH]1. The Morgan fingerprint density at radius 2 is 2.15 bits per heavy atom. The molecule has 136 valence electrons. The lowest BCUT2D eigenvalue weighted by Crippen LogP contribution is -2.35. The zero-order valence-corrected chi connectivity index (χ0v) is 15.2. The van der Waals surface area contributed by atoms with Gasteiger partial charge in [0.25, 0.3) is 5.56 Å². The molecule has 0 spiro atoms. The molecule has 5 nitrogen and oxygen atoms in total. The first-order valence-electron chi connectivity index (χ1n) is 8.74. The summed E-state index contributed by atoms with van der Waals surface area (Å²) in [5, 5.41) is 3.44. The van der Waals surface area contributed by atoms with Crippen molar-refractivity contribution in [3.8, 4) is 10.4 Å². The molecule has 0 aliphatic carbocycles. The summed E-state index contributed by atoms with van der Waals surface area (Å²) in [6.45, 7) is 4.13. The molecule has 0 amide bonds. The van der Waals surface area contributed by atoms with E-state index in [-0.39, 0.29) is 11.4 Å². The lowest BCUT2D eigenvalue weighted by molar-refractivity contribution is 0.182. The summed E-state index contributed by atoms with van der Waals surface area (Å²) in [4.78, 5) is 20.8. The Balaban J connectivity index is 1.58. The largest absolute Gasteiger partial charge is 0.379 e. The van der Waals surface area contributed by atoms with Crippen LogP contribution in [0.25, 0.3) is 20.7 Å². The van der Waals surface area contributed by atoms with Crippen LogP contribution in [0.3, 0.4) is 0 Å². The number of hydrogen-bond acceptors (Lipinski definition) is 5. The Morgan fingerprint density at radius 1 is 1.35 bits per heavy atom. The Labute approximate surface area is 154 Å². The zero-order valence-electron chi connectivity index (χ0n) is 14.4. The van der Waals surface area contributed by atoms with E-state index in [1.54, 1.807) is 12.1 Å². The van der Waals surface area contributed by atoms with E-state index in [4.69, 9.17) is 4.74 Å². The number of hydrogen-bond donors (Lipinski definition) is 2. The van der Waals surface area contributed by atoms with E-state index in [9.17, 15) is 9.18 Å². The molecule has 26 heavy (non-hydrogen) atoms. The molecule has 1 saturated heterocycles. The van der Waals surface area contributed by atoms with Gasteiger partial charge in [0.2, 0.25) is 0 Å². The summed E-state index contributed by atoms with van der Waals surface area (Å²) in [5.41, 5.74) is 1.41. The van der Waals surface area contributed by atoms with Crippen LogP contribution in [0.5, 0.6) is 0 Å². The van der Waals surface area contributed by atoms with Gasteiger partial charge < -0.3 is 15.0 Å². The Bertz CT molecular complexity index is 967. The molecule has 0 radical (unpaired) electrons. The van der Waals surface area contributed by atoms with Crippen molar-refractivity contribution in [3.05, 3.63) is 52.3 Å². The second kappa shape index (κ2) is 7.26. The normalized spacial score (nSPS) is 20.1. The van der Waals surface area contributed by atoms with Gasteiger partial charge in [0.05, 0.1) is 25.3 Å². The molecule has 2 N–H and O–H groups in total. The molecule has 0 bridgehead atoms. The van der Waals surface area contributed by atoms with Crippen molar-refractivity contribution in [2.75, 3.05) is 13.2 Å². The van der Waals surface area contributed by atoms with E-state index < -0.39 is 0 Å². The van der Waals surface area contributed by atoms with Crippen LogP contribution in [0.1, 0.15) is 19.2 Å². The van der Waals surface area contributed by atoms with E-state index in [2.05, 4.69) is 22.2 Å². The van der Waals surface area contributed by atoms with Crippen LogP contribution in [0.15, 0.2) is 35.1 Å². The molecule has 1 aliphatic rings. The highest BCUT2D eigenvalue weighted by Gasteiger charge is 2.26. The molecule has 7 heteroatoms. The smallest absolute Gasteiger partial charge is 0.268 e. The molecule has 2 unspecified atom stereocenters. The average molecular weight is 373 g/mol. The van der Waals surface area contributed by atoms with Crippen LogP contribution in [0, 0.1) is 11.7 Å². The second-order valence-electron chi connectivity index (χ2n) is 6.54. The molecule has 1 aliphatic heterocycles. The summed E-state index contributed by atoms with van der Waals surface area (Å²) >= 11 is 1.37. The maximum atomic E-state index is 13.1. The number of H-pyrrole nitrogens is 1. The molecule has 1 aromatic carbocycles. The lowest BCUT2D eigenvalue weighted by Gasteiger charge is -2.16. The maximum Gasteiger partial charge on any atom is 0.268 e. The van der Waals surface area contributed by atoms with Gasteiger partial charge in [-0.3, -0.25) is 4.79 Å². The van der Waals surface area contributed by atoms with Gasteiger partial charge in [-0.2, -0.15) is 0 Å². The Morgan fingerprint density at radius 3 is 2.92 bits per heavy atom. The number of nitrogens with one attached hydrogen (secondary N) is 2. The van der Waals surface area contributed by atoms with Crippen molar-refractivity contribution in [1.82, 2.24) is 15.3 Å². The van der Waals surface area contributed by atoms with Gasteiger partial charge in [0.1, 0.15) is 16.3 Å². The fourth-order valence-corrected chi connectivity index (χ4v) is 4.28. The molecule has 0 saturated carbocycles. The second-order valence-corrected chi connectivity index (χ2v) is 7.59. The van der Waals surface area contributed by atoms with Gasteiger partial charge >= 0.3 is 0 Å². The minimum absolute atomic E-state index is 0.139. The maximum absolute atomic E-state index is 13.1. The summed E-state index contributed by atoms with van der Waals surface area (Å²) in [5.74, 6) is 0.838. The number of thiophene rings is 1. The molecule has 3 aromatic rings. The number of aromatic amines is 1. The number of rotatable bonds is 5. The standard InChI is InChI=1S/C19H20FN3O2S/c1-2-11-9-25-10-15(11)21-8-17-22-14-7-16(26-18(14)19(24)23-17)12-3-5-13(20)6-4-12/h3-7,11,15,21H,2,8-10H2,1H3,(H,22,23,24). The fourth-order valence-electron chi connectivity index (χ4n) is 3.28. The molecular weight excluding hydrogens is 353 g/mol. The quantitative estimate of drug-likeness (QED) is 0.720. The van der Waals surface area contributed by atoms with E-state index in [0.717, 1.165) is 23.5 Å². The Hall–Kier alpha value is -2.09. The van der Waals surface area contributed by atoms with Crippen LogP contribution < -0.4 is 10.9 Å². The van der Waals surface area contributed by atoms with Gasteiger partial charge in [-0.25, -0.2) is 9.37 Å². The molecular formula is C19H20FN3O2S. The molecule has 3 heterocycles. The number of halogens is 1. The van der Waals surface area contributed by atoms with Gasteiger partial charge in [-0.1, -0.05) is 19.1 Å². The summed E-state index contributed by atoms with van der Waals surface area (Å²) < 4.78 is 19.2. The first-order valence-corrected chi connectivity index (χ1v) is 9.55. The average Bonchev–Trinajstić information content (AvgIpc) is 3.27. The lowest BCUT2D eigenvalue weighted by atomic mass is 10.0. The predicted octanol–water partition coefficient (Wildman–Crippen LogP) is 3.31. The van der Waals surface area contributed by atoms with Crippen LogP contribution in [-0.2, 0) is 11.3 Å². The zero-order chi connectivity index (χ0) is 18.1. The summed E-state index contributed by atoms with van der Waals surface area (Å²) in [6, 6.07) is 8.43. The summed E-state index contributed by atoms with van der Waals surface area (Å²) in [6.07, 6.45) is 1.06. The van der Waals surface area contributed by atoms with Gasteiger partial charge in [-0.15, -0.1) is 11.3 Å². The third-order valence-corrected chi connectivity index (χ3v) is 5.99. The van der Waals surface area contributed by atoms with Gasteiger partial charge in [-0.05, 0) is 36.1 Å². The van der Waals surface area contributed by atoms with Crippen molar-refractivity contribution < 1.29 is 9.13 Å². The first kappa shape index (κ1) is 17.3. The summed E-state index contributed by atoms with van der Waals surface area (Å²) in [7, 11) is 0. The molecule has 2 atom stereocenters. The van der Waals surface area contributed by atoms with Gasteiger partial charge in [0.15, 0.2) is 0 Å². The van der Waals surface area contributed by atoms with Crippen LogP contribution in [-0.4, -0.2) is 29.2 Å². The highest BCUT2D eigenvalue weighted by molar-refractivity contribution is 7.22. The monoisotopic (exact) mass is 373 g/mol. The fraction of sp³-hybridized carbons (Fsp3) is 0.368. The number of nitrogens with zero attached hydrogens (tertiary/aromatic N) is 1. The van der Waals surface area contributed by atoms with Gasteiger partial charge in [0, 0.05) is 10.9 Å². The third kappa shape index (κ3) is 3.42. The van der Waals surface area contributed by atoms with Crippen LogP contribution in [0.4, 0.5) is 4.39 Å². The number of benzene rings is 1. The minimum atomic E-state index is -0.277. The molecule has 2 aromatic heterocycles. The van der Waals surface area contributed by atoms with Crippen molar-refractivity contribution in [2.24, 2.45) is 5.92 Å². The van der Waals surface area contributed by atoms with E-state index in [1.165, 1.54) is 23.5 Å². The first-order chi connectivity index (χ1) is 12.6. The van der Waals surface area contributed by atoms with Crippen LogP contribution in [0.2, 0.25) is 0 Å². The van der Waals surface area contributed by atoms with Crippen molar-refractivity contribution >= 4 is 21.6 Å². The highest BCUT2D eigenvalue weighted by Crippen LogP contribution is 2.30. The number of ether oxygens (including phenoxy) is 1. The number of fused-ring (bicyclic) bond motifs is 1. The topological polar surface area (TPSA) is 67.0 Å². The van der Waals surface area contributed by atoms with Crippen molar-refractivity contribution in [2.45, 2.75) is 25.9 Å². The molecule has 1 fully saturated rings.